The number of phenolic OH excluding ortho intramolecular Hbond substituents is 1. The first-order chi connectivity index (χ1) is 10.2. The number of nitrogens with one attached hydrogen (secondary N) is 1. The molecule has 0 bridgehead atoms. The maximum atomic E-state index is 12.2. The van der Waals surface area contributed by atoms with Gasteiger partial charge in [0.25, 0.3) is 0 Å². The van der Waals surface area contributed by atoms with E-state index >= 15 is 0 Å². The molecule has 0 saturated heterocycles. The number of hydrogen-bond donors (Lipinski definition) is 3. The van der Waals surface area contributed by atoms with Crippen LogP contribution in [0.15, 0.2) is 24.3 Å². The molecular weight excluding hydrogens is 286 g/mol. The second-order valence-electron chi connectivity index (χ2n) is 5.60. The zero-order valence-corrected chi connectivity index (χ0v) is 12.9. The normalized spacial score (nSPS) is 13.5. The maximum Gasteiger partial charge on any atom is 0.326 e. The number of amides is 1. The van der Waals surface area contributed by atoms with Gasteiger partial charge in [0.2, 0.25) is 5.91 Å². The van der Waals surface area contributed by atoms with Gasteiger partial charge in [-0.2, -0.15) is 0 Å². The number of ketones is 1. The molecule has 120 valence electrons. The Bertz CT molecular complexity index is 550. The van der Waals surface area contributed by atoms with Crippen LogP contribution in [0.5, 0.6) is 5.75 Å². The standard InChI is InChI=1S/C16H21NO5/c1-9(2)14(10(3)18)15(20)17-13(16(21)22)8-11-4-6-12(19)7-5-11/h4-7,9,13-14,19H,8H2,1-3H3,(H,17,20)(H,21,22). The fourth-order valence-electron chi connectivity index (χ4n) is 2.29. The van der Waals surface area contributed by atoms with Gasteiger partial charge in [-0.1, -0.05) is 26.0 Å². The van der Waals surface area contributed by atoms with Gasteiger partial charge in [0.05, 0.1) is 5.92 Å². The Morgan fingerprint density at radius 1 is 1.14 bits per heavy atom. The van der Waals surface area contributed by atoms with Crippen molar-refractivity contribution in [1.82, 2.24) is 5.32 Å². The zero-order chi connectivity index (χ0) is 16.9. The number of phenols is 1. The van der Waals surface area contributed by atoms with E-state index in [-0.39, 0.29) is 23.9 Å². The van der Waals surface area contributed by atoms with Crippen LogP contribution in [0.2, 0.25) is 0 Å². The van der Waals surface area contributed by atoms with Crippen molar-refractivity contribution >= 4 is 17.7 Å². The van der Waals surface area contributed by atoms with Crippen molar-refractivity contribution in [2.24, 2.45) is 11.8 Å². The van der Waals surface area contributed by atoms with Crippen LogP contribution >= 0.6 is 0 Å². The minimum Gasteiger partial charge on any atom is -0.508 e. The van der Waals surface area contributed by atoms with Gasteiger partial charge in [0, 0.05) is 6.42 Å². The van der Waals surface area contributed by atoms with E-state index in [2.05, 4.69) is 5.32 Å². The van der Waals surface area contributed by atoms with E-state index in [0.717, 1.165) is 0 Å². The average Bonchev–Trinajstić information content (AvgIpc) is 2.39. The lowest BCUT2D eigenvalue weighted by Gasteiger charge is -2.21. The monoisotopic (exact) mass is 307 g/mol. The number of aliphatic carboxylic acids is 1. The van der Waals surface area contributed by atoms with Crippen LogP contribution in [-0.4, -0.2) is 33.9 Å². The lowest BCUT2D eigenvalue weighted by Crippen LogP contribution is -2.47. The summed E-state index contributed by atoms with van der Waals surface area (Å²) >= 11 is 0. The van der Waals surface area contributed by atoms with Crippen LogP contribution in [-0.2, 0) is 20.8 Å². The summed E-state index contributed by atoms with van der Waals surface area (Å²) in [6.45, 7) is 4.79. The number of aromatic hydroxyl groups is 1. The summed E-state index contributed by atoms with van der Waals surface area (Å²) in [5.74, 6) is -3.03. The maximum absolute atomic E-state index is 12.2. The number of carboxylic acid groups (broad SMARTS) is 1. The van der Waals surface area contributed by atoms with E-state index in [0.29, 0.717) is 5.56 Å². The van der Waals surface area contributed by atoms with Crippen LogP contribution in [0, 0.1) is 11.8 Å². The van der Waals surface area contributed by atoms with E-state index in [9.17, 15) is 24.6 Å². The first-order valence-electron chi connectivity index (χ1n) is 7.04. The SMILES string of the molecule is CC(=O)C(C(=O)NC(Cc1ccc(O)cc1)C(=O)O)C(C)C. The first-order valence-corrected chi connectivity index (χ1v) is 7.04. The second-order valence-corrected chi connectivity index (χ2v) is 5.60. The summed E-state index contributed by atoms with van der Waals surface area (Å²) in [5.41, 5.74) is 0.662. The van der Waals surface area contributed by atoms with Gasteiger partial charge in [-0.25, -0.2) is 4.79 Å². The fraction of sp³-hybridized carbons (Fsp3) is 0.438. The van der Waals surface area contributed by atoms with Gasteiger partial charge in [-0.3, -0.25) is 9.59 Å². The smallest absolute Gasteiger partial charge is 0.326 e. The van der Waals surface area contributed by atoms with Crippen LogP contribution in [0.25, 0.3) is 0 Å². The second kappa shape index (κ2) is 7.59. The van der Waals surface area contributed by atoms with Gasteiger partial charge in [-0.05, 0) is 30.5 Å². The number of carboxylic acids is 1. The van der Waals surface area contributed by atoms with Crippen molar-refractivity contribution in [2.75, 3.05) is 0 Å². The molecule has 0 aliphatic heterocycles. The summed E-state index contributed by atoms with van der Waals surface area (Å²) in [6.07, 6.45) is 0.0735. The molecule has 1 amide bonds. The van der Waals surface area contributed by atoms with E-state index in [1.54, 1.807) is 26.0 Å². The minimum atomic E-state index is -1.17. The molecule has 0 saturated carbocycles. The average molecular weight is 307 g/mol. The molecule has 2 unspecified atom stereocenters. The van der Waals surface area contributed by atoms with Crippen LogP contribution in [0.1, 0.15) is 26.3 Å². The Morgan fingerprint density at radius 2 is 1.68 bits per heavy atom. The highest BCUT2D eigenvalue weighted by atomic mass is 16.4. The summed E-state index contributed by atoms with van der Waals surface area (Å²) in [6, 6.07) is 4.94. The van der Waals surface area contributed by atoms with Crippen molar-refractivity contribution in [3.63, 3.8) is 0 Å². The third-order valence-corrected chi connectivity index (χ3v) is 3.38. The van der Waals surface area contributed by atoms with Gasteiger partial charge >= 0.3 is 5.97 Å². The fourth-order valence-corrected chi connectivity index (χ4v) is 2.29. The lowest BCUT2D eigenvalue weighted by molar-refractivity contribution is -0.144. The molecule has 0 radical (unpaired) electrons. The molecule has 1 rings (SSSR count). The molecule has 22 heavy (non-hydrogen) atoms. The van der Waals surface area contributed by atoms with Crippen molar-refractivity contribution in [3.8, 4) is 5.75 Å². The number of hydrogen-bond acceptors (Lipinski definition) is 4. The zero-order valence-electron chi connectivity index (χ0n) is 12.9. The largest absolute Gasteiger partial charge is 0.508 e. The Morgan fingerprint density at radius 3 is 2.09 bits per heavy atom. The molecule has 6 heteroatoms. The molecule has 0 aromatic heterocycles. The Hall–Kier alpha value is -2.37. The number of carbonyl (C=O) groups excluding carboxylic acids is 2. The molecule has 0 fully saturated rings. The summed E-state index contributed by atoms with van der Waals surface area (Å²) in [7, 11) is 0. The highest BCUT2D eigenvalue weighted by Gasteiger charge is 2.30. The van der Waals surface area contributed by atoms with Crippen molar-refractivity contribution in [2.45, 2.75) is 33.2 Å². The number of carbonyl (C=O) groups is 3. The molecule has 1 aromatic rings. The van der Waals surface area contributed by atoms with Crippen LogP contribution in [0.4, 0.5) is 0 Å². The molecule has 2 atom stereocenters. The van der Waals surface area contributed by atoms with E-state index in [4.69, 9.17) is 0 Å². The van der Waals surface area contributed by atoms with Crippen molar-refractivity contribution in [1.29, 1.82) is 0 Å². The van der Waals surface area contributed by atoms with Crippen LogP contribution in [0.3, 0.4) is 0 Å². The molecule has 6 nitrogen and oxygen atoms in total. The third kappa shape index (κ3) is 4.87. The molecule has 0 spiro atoms. The van der Waals surface area contributed by atoms with Gasteiger partial charge in [0.1, 0.15) is 17.6 Å². The quantitative estimate of drug-likeness (QED) is 0.660. The highest BCUT2D eigenvalue weighted by molar-refractivity contribution is 6.01. The van der Waals surface area contributed by atoms with Gasteiger partial charge in [0.15, 0.2) is 0 Å². The van der Waals surface area contributed by atoms with Gasteiger partial charge < -0.3 is 15.5 Å². The molecule has 3 N–H and O–H groups in total. The number of Topliss-reactive ketones (excluding diaryl/α,β-unsaturated/α-hetero) is 1. The Labute approximate surface area is 129 Å². The summed E-state index contributed by atoms with van der Waals surface area (Å²) in [5, 5.41) is 20.9. The molecule has 0 heterocycles. The molecule has 0 aliphatic rings. The van der Waals surface area contributed by atoms with Crippen LogP contribution < -0.4 is 5.32 Å². The minimum absolute atomic E-state index is 0.0735. The molecule has 1 aromatic carbocycles. The van der Waals surface area contributed by atoms with Crippen molar-refractivity contribution < 1.29 is 24.6 Å². The third-order valence-electron chi connectivity index (χ3n) is 3.38. The van der Waals surface area contributed by atoms with E-state index in [1.807, 2.05) is 0 Å². The molecular formula is C16H21NO5. The predicted molar refractivity (Wildman–Crippen MR) is 80.4 cm³/mol. The summed E-state index contributed by atoms with van der Waals surface area (Å²) in [4.78, 5) is 35.0. The highest BCUT2D eigenvalue weighted by Crippen LogP contribution is 2.14. The Kier molecular flexibility index (Phi) is 6.10. The van der Waals surface area contributed by atoms with E-state index in [1.165, 1.54) is 19.1 Å². The van der Waals surface area contributed by atoms with E-state index < -0.39 is 23.8 Å². The number of benzene rings is 1. The van der Waals surface area contributed by atoms with Gasteiger partial charge in [-0.15, -0.1) is 0 Å². The Balaban J connectivity index is 2.83. The first kappa shape index (κ1) is 17.7. The molecule has 0 aliphatic carbocycles. The number of rotatable bonds is 7. The predicted octanol–water partition coefficient (Wildman–Crippen LogP) is 1.37. The lowest BCUT2D eigenvalue weighted by atomic mass is 9.91. The van der Waals surface area contributed by atoms with Crippen molar-refractivity contribution in [3.05, 3.63) is 29.8 Å². The summed E-state index contributed by atoms with van der Waals surface area (Å²) < 4.78 is 0. The topological polar surface area (TPSA) is 104 Å².